The van der Waals surface area contributed by atoms with Gasteiger partial charge in [0.15, 0.2) is 0 Å². The lowest BCUT2D eigenvalue weighted by Crippen LogP contribution is -2.56. The molecule has 1 aliphatic carbocycles. The Kier molecular flexibility index (Phi) is 5.67. The third kappa shape index (κ3) is 3.96. The van der Waals surface area contributed by atoms with Gasteiger partial charge in [0, 0.05) is 18.1 Å². The van der Waals surface area contributed by atoms with Crippen LogP contribution < -0.4 is 5.73 Å². The average Bonchev–Trinajstić information content (AvgIpc) is 2.27. The summed E-state index contributed by atoms with van der Waals surface area (Å²) in [5, 5.41) is 0. The highest BCUT2D eigenvalue weighted by Crippen LogP contribution is 2.33. The summed E-state index contributed by atoms with van der Waals surface area (Å²) in [5.41, 5.74) is 6.66. The quantitative estimate of drug-likeness (QED) is 0.830. The third-order valence-electron chi connectivity index (χ3n) is 4.69. The second kappa shape index (κ2) is 6.38. The van der Waals surface area contributed by atoms with Gasteiger partial charge >= 0.3 is 0 Å². The van der Waals surface area contributed by atoms with E-state index in [4.69, 9.17) is 5.73 Å². The summed E-state index contributed by atoms with van der Waals surface area (Å²) in [6, 6.07) is 1.50. The van der Waals surface area contributed by atoms with E-state index in [1.54, 1.807) is 0 Å². The molecule has 0 amide bonds. The Morgan fingerprint density at radius 1 is 1.28 bits per heavy atom. The smallest absolute Gasteiger partial charge is 0.0295 e. The Labute approximate surface area is 114 Å². The van der Waals surface area contributed by atoms with Gasteiger partial charge in [-0.3, -0.25) is 4.90 Å². The monoisotopic (exact) mass is 254 g/mol. The summed E-state index contributed by atoms with van der Waals surface area (Å²) in [4.78, 5) is 2.60. The third-order valence-corrected chi connectivity index (χ3v) is 4.69. The lowest BCUT2D eigenvalue weighted by Gasteiger charge is -2.47. The normalized spacial score (nSPS) is 29.3. The number of hydrogen-bond donors (Lipinski definition) is 1. The minimum absolute atomic E-state index is 0.255. The van der Waals surface area contributed by atoms with Crippen LogP contribution in [-0.4, -0.2) is 30.1 Å². The molecule has 108 valence electrons. The zero-order valence-electron chi connectivity index (χ0n) is 13.4. The van der Waals surface area contributed by atoms with Crippen LogP contribution in [0.4, 0.5) is 0 Å². The molecule has 1 aliphatic rings. The van der Waals surface area contributed by atoms with Crippen molar-refractivity contribution in [3.8, 4) is 0 Å². The summed E-state index contributed by atoms with van der Waals surface area (Å²) in [6.07, 6.45) is 6.55. The maximum absolute atomic E-state index is 6.40. The molecule has 2 N–H and O–H groups in total. The van der Waals surface area contributed by atoms with Gasteiger partial charge in [-0.2, -0.15) is 0 Å². The fourth-order valence-corrected chi connectivity index (χ4v) is 3.78. The highest BCUT2D eigenvalue weighted by Gasteiger charge is 2.36. The average molecular weight is 254 g/mol. The van der Waals surface area contributed by atoms with Crippen LogP contribution in [0.1, 0.15) is 66.7 Å². The van der Waals surface area contributed by atoms with Crippen LogP contribution in [0.2, 0.25) is 0 Å². The number of nitrogens with two attached hydrogens (primary N) is 1. The minimum atomic E-state index is 0.255. The summed E-state index contributed by atoms with van der Waals surface area (Å²) in [5.74, 6) is 0.879. The van der Waals surface area contributed by atoms with Crippen molar-refractivity contribution in [2.45, 2.75) is 84.8 Å². The van der Waals surface area contributed by atoms with Crippen molar-refractivity contribution in [1.29, 1.82) is 0 Å². The molecular formula is C16H34N2. The molecule has 18 heavy (non-hydrogen) atoms. The van der Waals surface area contributed by atoms with E-state index in [-0.39, 0.29) is 11.5 Å². The van der Waals surface area contributed by atoms with Crippen molar-refractivity contribution in [1.82, 2.24) is 4.90 Å². The molecule has 0 heterocycles. The summed E-state index contributed by atoms with van der Waals surface area (Å²) >= 11 is 0. The molecular weight excluding hydrogens is 220 g/mol. The summed E-state index contributed by atoms with van der Waals surface area (Å²) in [6.45, 7) is 11.6. The molecule has 0 spiro atoms. The molecule has 0 aliphatic heterocycles. The van der Waals surface area contributed by atoms with Gasteiger partial charge in [-0.05, 0) is 37.6 Å². The van der Waals surface area contributed by atoms with E-state index >= 15 is 0 Å². The van der Waals surface area contributed by atoms with E-state index in [2.05, 4.69) is 46.6 Å². The molecule has 2 heteroatoms. The second-order valence-corrected chi connectivity index (χ2v) is 7.47. The van der Waals surface area contributed by atoms with E-state index in [0.717, 1.165) is 18.4 Å². The number of likely N-dealkylation sites (N-methyl/N-ethyl adjacent to an activating group) is 1. The highest BCUT2D eigenvalue weighted by molar-refractivity contribution is 4.93. The van der Waals surface area contributed by atoms with Crippen LogP contribution in [-0.2, 0) is 0 Å². The van der Waals surface area contributed by atoms with Crippen molar-refractivity contribution in [2.75, 3.05) is 7.05 Å². The van der Waals surface area contributed by atoms with Gasteiger partial charge in [0.2, 0.25) is 0 Å². The van der Waals surface area contributed by atoms with Crippen molar-refractivity contribution < 1.29 is 0 Å². The minimum Gasteiger partial charge on any atom is -0.326 e. The Balaban J connectivity index is 2.78. The first-order valence-electron chi connectivity index (χ1n) is 7.74. The maximum atomic E-state index is 6.40. The Morgan fingerprint density at radius 3 is 2.33 bits per heavy atom. The molecule has 0 radical (unpaired) electrons. The lowest BCUT2D eigenvalue weighted by atomic mass is 9.78. The molecule has 1 fully saturated rings. The fourth-order valence-electron chi connectivity index (χ4n) is 3.78. The van der Waals surface area contributed by atoms with Crippen LogP contribution in [0.5, 0.6) is 0 Å². The molecule has 4 atom stereocenters. The molecule has 2 nitrogen and oxygen atoms in total. The van der Waals surface area contributed by atoms with E-state index in [1.165, 1.54) is 25.7 Å². The molecule has 4 unspecified atom stereocenters. The van der Waals surface area contributed by atoms with Crippen molar-refractivity contribution in [3.05, 3.63) is 0 Å². The fraction of sp³-hybridized carbons (Fsp3) is 1.00. The first kappa shape index (κ1) is 16.0. The Bertz CT molecular complexity index is 244. The Hall–Kier alpha value is -0.0800. The molecule has 1 saturated carbocycles. The van der Waals surface area contributed by atoms with E-state index in [1.807, 2.05) is 0 Å². The number of nitrogens with zero attached hydrogens (tertiary/aromatic N) is 1. The molecule has 0 bridgehead atoms. The Morgan fingerprint density at radius 2 is 1.89 bits per heavy atom. The molecule has 0 aromatic carbocycles. The summed E-state index contributed by atoms with van der Waals surface area (Å²) < 4.78 is 0. The predicted molar refractivity (Wildman–Crippen MR) is 80.7 cm³/mol. The van der Waals surface area contributed by atoms with Gasteiger partial charge < -0.3 is 5.73 Å². The lowest BCUT2D eigenvalue weighted by molar-refractivity contribution is 0.0398. The molecule has 0 aromatic heterocycles. The van der Waals surface area contributed by atoms with Crippen molar-refractivity contribution >= 4 is 0 Å². The van der Waals surface area contributed by atoms with E-state index in [0.29, 0.717) is 6.04 Å². The van der Waals surface area contributed by atoms with Gasteiger partial charge in [0.25, 0.3) is 0 Å². The highest BCUT2D eigenvalue weighted by atomic mass is 15.2. The van der Waals surface area contributed by atoms with Gasteiger partial charge in [-0.1, -0.05) is 47.5 Å². The topological polar surface area (TPSA) is 29.3 Å². The molecule has 0 aromatic rings. The zero-order valence-corrected chi connectivity index (χ0v) is 13.4. The van der Waals surface area contributed by atoms with Gasteiger partial charge in [0.05, 0.1) is 0 Å². The largest absolute Gasteiger partial charge is 0.326 e. The van der Waals surface area contributed by atoms with Crippen LogP contribution in [0.25, 0.3) is 0 Å². The van der Waals surface area contributed by atoms with Crippen LogP contribution in [0.3, 0.4) is 0 Å². The van der Waals surface area contributed by atoms with Gasteiger partial charge in [0.1, 0.15) is 0 Å². The molecule has 0 saturated heterocycles. The predicted octanol–water partition coefficient (Wildman–Crippen LogP) is 3.65. The maximum Gasteiger partial charge on any atom is 0.0295 e. The van der Waals surface area contributed by atoms with Crippen LogP contribution >= 0.6 is 0 Å². The van der Waals surface area contributed by atoms with Crippen LogP contribution in [0, 0.1) is 11.3 Å². The number of rotatable bonds is 4. The van der Waals surface area contributed by atoms with E-state index in [9.17, 15) is 0 Å². The standard InChI is InChI=1S/C16H34N2/c1-7-14(17)15(16(3,4)5)18(6)13-10-8-9-12(2)11-13/h12-15H,7-11,17H2,1-6H3. The molecule has 1 rings (SSSR count). The van der Waals surface area contributed by atoms with Crippen molar-refractivity contribution in [3.63, 3.8) is 0 Å². The van der Waals surface area contributed by atoms with Crippen molar-refractivity contribution in [2.24, 2.45) is 17.1 Å². The van der Waals surface area contributed by atoms with E-state index < -0.39 is 0 Å². The first-order chi connectivity index (χ1) is 8.27. The van der Waals surface area contributed by atoms with Crippen LogP contribution in [0.15, 0.2) is 0 Å². The SMILES string of the molecule is CCC(N)C(N(C)C1CCCC(C)C1)C(C)(C)C. The first-order valence-corrected chi connectivity index (χ1v) is 7.74. The summed E-state index contributed by atoms with van der Waals surface area (Å²) in [7, 11) is 2.30. The second-order valence-electron chi connectivity index (χ2n) is 7.47. The number of hydrogen-bond acceptors (Lipinski definition) is 2. The zero-order chi connectivity index (χ0) is 13.9. The van der Waals surface area contributed by atoms with Gasteiger partial charge in [-0.25, -0.2) is 0 Å². The van der Waals surface area contributed by atoms with Gasteiger partial charge in [-0.15, -0.1) is 0 Å².